The van der Waals surface area contributed by atoms with E-state index in [1.807, 2.05) is 0 Å². The molecule has 3 heterocycles. The number of aryl methyl sites for hydroxylation is 2. The quantitative estimate of drug-likeness (QED) is 0.670. The smallest absolute Gasteiger partial charge is 0.412 e. The number of rotatable bonds is 4. The Morgan fingerprint density at radius 2 is 2.07 bits per heavy atom. The van der Waals surface area contributed by atoms with Crippen molar-refractivity contribution >= 4 is 28.8 Å². The minimum atomic E-state index is -4.66. The molecule has 2 amide bonds. The molecule has 0 unspecified atom stereocenters. The molecular weight excluding hydrogens is 405 g/mol. The lowest BCUT2D eigenvalue weighted by Gasteiger charge is -2.28. The third-order valence-electron chi connectivity index (χ3n) is 4.78. The topological polar surface area (TPSA) is 117 Å². The molecule has 0 aliphatic carbocycles. The van der Waals surface area contributed by atoms with Gasteiger partial charge in [0, 0.05) is 12.1 Å². The highest BCUT2D eigenvalue weighted by Gasteiger charge is 2.46. The minimum Gasteiger partial charge on any atom is -0.489 e. The number of nitrogens with one attached hydrogen (secondary N) is 1. The van der Waals surface area contributed by atoms with Crippen molar-refractivity contribution in [2.24, 2.45) is 5.73 Å². The van der Waals surface area contributed by atoms with Gasteiger partial charge in [-0.3, -0.25) is 24.2 Å². The maximum absolute atomic E-state index is 13.7. The maximum atomic E-state index is 13.7. The van der Waals surface area contributed by atoms with E-state index >= 15 is 0 Å². The number of anilines is 1. The zero-order chi connectivity index (χ0) is 21.8. The van der Waals surface area contributed by atoms with Gasteiger partial charge in [0.2, 0.25) is 11.9 Å². The number of aromatic nitrogens is 4. The Morgan fingerprint density at radius 3 is 2.70 bits per heavy atom. The summed E-state index contributed by atoms with van der Waals surface area (Å²) in [7, 11) is 0. The summed E-state index contributed by atoms with van der Waals surface area (Å²) in [6.07, 6.45) is -4.66. The lowest BCUT2D eigenvalue weighted by molar-refractivity contribution is -0.174. The largest absolute Gasteiger partial charge is 0.489 e. The first-order chi connectivity index (χ1) is 14.1. The number of carbonyl (C=O) groups excluding carboxylic acids is 2. The molecule has 4 rings (SSSR count). The Labute approximate surface area is 167 Å². The number of imidazole rings is 1. The molecule has 3 aromatic rings. The summed E-state index contributed by atoms with van der Waals surface area (Å²) in [5, 5.41) is 6.61. The number of hydrogen-bond acceptors (Lipinski definition) is 5. The summed E-state index contributed by atoms with van der Waals surface area (Å²) < 4.78 is 48.6. The number of nitrogens with two attached hydrogens (primary N) is 1. The minimum absolute atomic E-state index is 0.0176. The highest BCUT2D eigenvalue weighted by Crippen LogP contribution is 2.43. The van der Waals surface area contributed by atoms with Crippen LogP contribution in [-0.4, -0.2) is 43.9 Å². The first-order valence-electron chi connectivity index (χ1n) is 9.01. The van der Waals surface area contributed by atoms with Crippen molar-refractivity contribution in [3.8, 4) is 5.75 Å². The summed E-state index contributed by atoms with van der Waals surface area (Å²) >= 11 is 0. The van der Waals surface area contributed by atoms with E-state index in [-0.39, 0.29) is 34.0 Å². The molecule has 0 spiro atoms. The van der Waals surface area contributed by atoms with Crippen molar-refractivity contribution in [1.82, 2.24) is 19.3 Å². The molecular formula is C18H17F3N6O3. The van der Waals surface area contributed by atoms with Gasteiger partial charge in [-0.15, -0.1) is 0 Å². The molecule has 0 bridgehead atoms. The van der Waals surface area contributed by atoms with Gasteiger partial charge >= 0.3 is 6.18 Å². The van der Waals surface area contributed by atoms with Gasteiger partial charge in [-0.2, -0.15) is 18.3 Å². The van der Waals surface area contributed by atoms with Crippen LogP contribution >= 0.6 is 0 Å². The molecule has 1 aromatic carbocycles. The average molecular weight is 422 g/mol. The van der Waals surface area contributed by atoms with Crippen LogP contribution in [0.1, 0.15) is 39.5 Å². The van der Waals surface area contributed by atoms with Crippen molar-refractivity contribution < 1.29 is 27.5 Å². The van der Waals surface area contributed by atoms with Crippen LogP contribution in [-0.2, 0) is 6.54 Å². The molecule has 0 fully saturated rings. The Morgan fingerprint density at radius 1 is 1.33 bits per heavy atom. The van der Waals surface area contributed by atoms with E-state index in [9.17, 15) is 22.8 Å². The van der Waals surface area contributed by atoms with Gasteiger partial charge in [-0.25, -0.2) is 4.98 Å². The fourth-order valence-electron chi connectivity index (χ4n) is 3.46. The maximum Gasteiger partial charge on any atom is 0.412 e. The Kier molecular flexibility index (Phi) is 4.44. The third-order valence-corrected chi connectivity index (χ3v) is 4.78. The number of hydrogen-bond donors (Lipinski definition) is 2. The molecule has 0 saturated carbocycles. The number of nitrogens with zero attached hydrogens (tertiary/aromatic N) is 4. The number of amides is 2. The van der Waals surface area contributed by atoms with E-state index in [1.165, 1.54) is 22.9 Å². The second-order valence-corrected chi connectivity index (χ2v) is 6.82. The summed E-state index contributed by atoms with van der Waals surface area (Å²) in [5.41, 5.74) is 6.16. The molecule has 158 valence electrons. The van der Waals surface area contributed by atoms with Gasteiger partial charge < -0.3 is 10.5 Å². The SMILES string of the molecule is CCn1nc(C)cc1C(=O)Nc1nc2cc(C(N)=O)cc3c2n1[C@@H](C(F)(F)F)CO3. The Hall–Kier alpha value is -3.57. The van der Waals surface area contributed by atoms with Crippen LogP contribution in [0.4, 0.5) is 19.1 Å². The zero-order valence-electron chi connectivity index (χ0n) is 15.9. The average Bonchev–Trinajstić information content (AvgIpc) is 3.22. The van der Waals surface area contributed by atoms with Crippen LogP contribution in [0.5, 0.6) is 5.75 Å². The summed E-state index contributed by atoms with van der Waals surface area (Å²) in [4.78, 5) is 28.5. The first-order valence-corrected chi connectivity index (χ1v) is 9.01. The molecule has 1 aliphatic heterocycles. The van der Waals surface area contributed by atoms with Crippen molar-refractivity contribution in [2.45, 2.75) is 32.6 Å². The van der Waals surface area contributed by atoms with Crippen LogP contribution in [0.3, 0.4) is 0 Å². The second-order valence-electron chi connectivity index (χ2n) is 6.82. The highest BCUT2D eigenvalue weighted by molar-refractivity contribution is 6.04. The molecule has 1 atom stereocenters. The predicted octanol–water partition coefficient (Wildman–Crippen LogP) is 2.41. The van der Waals surface area contributed by atoms with Gasteiger partial charge in [0.15, 0.2) is 6.04 Å². The van der Waals surface area contributed by atoms with Crippen molar-refractivity contribution in [2.75, 3.05) is 11.9 Å². The van der Waals surface area contributed by atoms with E-state index in [4.69, 9.17) is 10.5 Å². The molecule has 30 heavy (non-hydrogen) atoms. The summed E-state index contributed by atoms with van der Waals surface area (Å²) in [5.74, 6) is -1.72. The van der Waals surface area contributed by atoms with E-state index in [0.717, 1.165) is 4.57 Å². The van der Waals surface area contributed by atoms with Gasteiger partial charge in [0.25, 0.3) is 5.91 Å². The number of carbonyl (C=O) groups is 2. The summed E-state index contributed by atoms with van der Waals surface area (Å²) in [6, 6.07) is 1.98. The van der Waals surface area contributed by atoms with Gasteiger partial charge in [0.05, 0.1) is 11.2 Å². The van der Waals surface area contributed by atoms with Gasteiger partial charge in [-0.1, -0.05) is 0 Å². The molecule has 3 N–H and O–H groups in total. The normalized spacial score (nSPS) is 15.8. The van der Waals surface area contributed by atoms with Crippen LogP contribution in [0.15, 0.2) is 18.2 Å². The first kappa shape index (κ1) is 19.7. The lowest BCUT2D eigenvalue weighted by Crippen LogP contribution is -2.35. The van der Waals surface area contributed by atoms with Crippen molar-refractivity contribution in [1.29, 1.82) is 0 Å². The lowest BCUT2D eigenvalue weighted by atomic mass is 10.1. The number of alkyl halides is 3. The van der Waals surface area contributed by atoms with Crippen LogP contribution < -0.4 is 15.8 Å². The van der Waals surface area contributed by atoms with E-state index in [1.54, 1.807) is 13.8 Å². The van der Waals surface area contributed by atoms with E-state index in [0.29, 0.717) is 12.2 Å². The van der Waals surface area contributed by atoms with Crippen LogP contribution in [0, 0.1) is 6.92 Å². The monoisotopic (exact) mass is 422 g/mol. The number of halogens is 3. The Bertz CT molecular complexity index is 1180. The predicted molar refractivity (Wildman–Crippen MR) is 99.4 cm³/mol. The van der Waals surface area contributed by atoms with Crippen molar-refractivity contribution in [3.63, 3.8) is 0 Å². The number of benzene rings is 1. The van der Waals surface area contributed by atoms with Crippen molar-refractivity contribution in [3.05, 3.63) is 35.2 Å². The number of ether oxygens (including phenoxy) is 1. The van der Waals surface area contributed by atoms with Gasteiger partial charge in [-0.05, 0) is 32.0 Å². The fourth-order valence-corrected chi connectivity index (χ4v) is 3.46. The fraction of sp³-hybridized carbons (Fsp3) is 0.333. The Balaban J connectivity index is 1.86. The molecule has 1 aliphatic rings. The standard InChI is InChI=1S/C18H17F3N6O3/c1-3-26-11(4-8(2)25-26)16(29)24-17-23-10-5-9(15(22)28)6-12-14(10)27(17)13(7-30-12)18(19,20)21/h4-6,13H,3,7H2,1-2H3,(H2,22,28)(H,23,24,29)/t13-/m1/s1. The zero-order valence-corrected chi connectivity index (χ0v) is 15.9. The third kappa shape index (κ3) is 3.13. The van der Waals surface area contributed by atoms with E-state index in [2.05, 4.69) is 15.4 Å². The van der Waals surface area contributed by atoms with Crippen LogP contribution in [0.2, 0.25) is 0 Å². The highest BCUT2D eigenvalue weighted by atomic mass is 19.4. The van der Waals surface area contributed by atoms with E-state index < -0.39 is 30.6 Å². The van der Waals surface area contributed by atoms with Gasteiger partial charge in [0.1, 0.15) is 23.6 Å². The molecule has 9 nitrogen and oxygen atoms in total. The molecule has 2 aromatic heterocycles. The molecule has 0 saturated heterocycles. The number of primary amides is 1. The molecule has 0 radical (unpaired) electrons. The molecule has 12 heteroatoms. The second kappa shape index (κ2) is 6.75. The summed E-state index contributed by atoms with van der Waals surface area (Å²) in [6.45, 7) is 3.15. The van der Waals surface area contributed by atoms with Crippen LogP contribution in [0.25, 0.3) is 11.0 Å².